The van der Waals surface area contributed by atoms with Crippen molar-refractivity contribution in [3.8, 4) is 5.75 Å². The molecule has 1 aromatic rings. The van der Waals surface area contributed by atoms with E-state index in [0.29, 0.717) is 38.3 Å². The molecule has 1 saturated heterocycles. The number of para-hydroxylation sites is 1. The first kappa shape index (κ1) is 20.0. The van der Waals surface area contributed by atoms with Crippen molar-refractivity contribution in [3.63, 3.8) is 0 Å². The second kappa shape index (κ2) is 7.85. The Hall–Kier alpha value is -2.29. The van der Waals surface area contributed by atoms with Gasteiger partial charge in [-0.2, -0.15) is 13.2 Å². The van der Waals surface area contributed by atoms with E-state index in [-0.39, 0.29) is 5.75 Å². The van der Waals surface area contributed by atoms with Gasteiger partial charge in [0.2, 0.25) is 0 Å². The van der Waals surface area contributed by atoms with Gasteiger partial charge in [-0.05, 0) is 37.3 Å². The Balaban J connectivity index is 1.87. The molecule has 158 valence electrons. The molecule has 0 N–H and O–H groups in total. The van der Waals surface area contributed by atoms with Gasteiger partial charge in [-0.25, -0.2) is 0 Å². The van der Waals surface area contributed by atoms with Crippen molar-refractivity contribution in [2.24, 2.45) is 0 Å². The van der Waals surface area contributed by atoms with Gasteiger partial charge in [0.15, 0.2) is 0 Å². The van der Waals surface area contributed by atoms with Crippen LogP contribution in [0.5, 0.6) is 5.75 Å². The maximum Gasteiger partial charge on any atom is 0.432 e. The van der Waals surface area contributed by atoms with Crippen LogP contribution in [0.25, 0.3) is 0 Å². The minimum Gasteiger partial charge on any atom is -0.473 e. The van der Waals surface area contributed by atoms with Gasteiger partial charge in [0.25, 0.3) is 12.1 Å². The number of hydrogen-bond acceptors (Lipinski definition) is 5. The van der Waals surface area contributed by atoms with E-state index < -0.39 is 29.2 Å². The van der Waals surface area contributed by atoms with Crippen molar-refractivity contribution in [1.82, 2.24) is 4.90 Å². The number of allylic oxidation sites excluding steroid dienone is 1. The molecule has 1 fully saturated rings. The van der Waals surface area contributed by atoms with E-state index in [9.17, 15) is 23.3 Å². The van der Waals surface area contributed by atoms with Crippen LogP contribution in [0.4, 0.5) is 13.2 Å². The molecule has 2 aliphatic heterocycles. The van der Waals surface area contributed by atoms with E-state index >= 15 is 0 Å². The number of nitrogens with zero attached hydrogens (tertiary/aromatic N) is 2. The fourth-order valence-electron chi connectivity index (χ4n) is 4.74. The molecule has 0 saturated carbocycles. The summed E-state index contributed by atoms with van der Waals surface area (Å²) in [5, 5.41) is 11.9. The van der Waals surface area contributed by atoms with Crippen molar-refractivity contribution in [2.45, 2.75) is 49.9 Å². The lowest BCUT2D eigenvalue weighted by Crippen LogP contribution is -2.54. The fraction of sp³-hybridized carbons (Fsp3) is 0.600. The Bertz CT molecular complexity index is 805. The molecule has 3 aliphatic rings. The van der Waals surface area contributed by atoms with Crippen LogP contribution in [-0.2, 0) is 4.74 Å². The van der Waals surface area contributed by atoms with Crippen LogP contribution >= 0.6 is 0 Å². The minimum atomic E-state index is -4.84. The smallest absolute Gasteiger partial charge is 0.432 e. The molecule has 6 nitrogen and oxygen atoms in total. The van der Waals surface area contributed by atoms with Gasteiger partial charge >= 0.3 is 6.18 Å². The molecule has 0 bridgehead atoms. The minimum absolute atomic E-state index is 0.0809. The number of hydrogen-bond donors (Lipinski definition) is 0. The molecule has 3 atom stereocenters. The Morgan fingerprint density at radius 3 is 2.48 bits per heavy atom. The van der Waals surface area contributed by atoms with Gasteiger partial charge in [-0.3, -0.25) is 10.1 Å². The molecule has 0 spiro atoms. The van der Waals surface area contributed by atoms with Crippen molar-refractivity contribution in [1.29, 1.82) is 0 Å². The van der Waals surface area contributed by atoms with Crippen LogP contribution in [0.2, 0.25) is 0 Å². The number of benzene rings is 1. The summed E-state index contributed by atoms with van der Waals surface area (Å²) in [7, 11) is 0. The quantitative estimate of drug-likeness (QED) is 0.557. The van der Waals surface area contributed by atoms with Crippen molar-refractivity contribution in [3.05, 3.63) is 51.2 Å². The predicted octanol–water partition coefficient (Wildman–Crippen LogP) is 3.90. The standard InChI is InChI=1S/C20H23F3N2O4/c21-20(22,23)19-18(25(26)27)17(14-6-2-4-8-16(14)29-19)13-5-1-3-7-15(13)24-9-11-28-12-10-24/h2,4,6,8,17-19H,1,3,5,7,9-12H2/t17-,18+,19+/m1/s1. The average Bonchev–Trinajstić information content (AvgIpc) is 2.72. The molecule has 2 heterocycles. The number of nitro groups is 1. The van der Waals surface area contributed by atoms with Gasteiger partial charge in [-0.1, -0.05) is 18.2 Å². The summed E-state index contributed by atoms with van der Waals surface area (Å²) in [5.41, 5.74) is 2.18. The monoisotopic (exact) mass is 412 g/mol. The zero-order valence-electron chi connectivity index (χ0n) is 15.9. The molecule has 0 unspecified atom stereocenters. The SMILES string of the molecule is O=[N+]([O-])[C@H]1[C@H](C2=C(N3CCOCC3)CCCC2)c2ccccc2O[C@@H]1C(F)(F)F. The van der Waals surface area contributed by atoms with Crippen LogP contribution in [0, 0.1) is 10.1 Å². The first-order valence-electron chi connectivity index (χ1n) is 9.88. The second-order valence-corrected chi connectivity index (χ2v) is 7.65. The van der Waals surface area contributed by atoms with Crippen LogP contribution in [0.3, 0.4) is 0 Å². The summed E-state index contributed by atoms with van der Waals surface area (Å²) in [6.45, 7) is 2.39. The number of rotatable bonds is 3. The topological polar surface area (TPSA) is 64.8 Å². The lowest BCUT2D eigenvalue weighted by molar-refractivity contribution is -0.547. The number of halogens is 3. The maximum atomic E-state index is 13.8. The highest BCUT2D eigenvalue weighted by Gasteiger charge is 2.60. The van der Waals surface area contributed by atoms with Crippen molar-refractivity contribution in [2.75, 3.05) is 26.3 Å². The highest BCUT2D eigenvalue weighted by atomic mass is 19.4. The summed E-state index contributed by atoms with van der Waals surface area (Å²) < 4.78 is 51.9. The molecule has 1 aromatic carbocycles. The van der Waals surface area contributed by atoms with Gasteiger partial charge < -0.3 is 14.4 Å². The van der Waals surface area contributed by atoms with Gasteiger partial charge in [-0.15, -0.1) is 0 Å². The highest BCUT2D eigenvalue weighted by molar-refractivity contribution is 5.46. The largest absolute Gasteiger partial charge is 0.473 e. The highest BCUT2D eigenvalue weighted by Crippen LogP contribution is 2.49. The first-order chi connectivity index (χ1) is 13.9. The Morgan fingerprint density at radius 2 is 1.79 bits per heavy atom. The zero-order chi connectivity index (χ0) is 20.6. The number of fused-ring (bicyclic) bond motifs is 1. The van der Waals surface area contributed by atoms with Crippen LogP contribution in [0.15, 0.2) is 35.5 Å². The molecule has 4 rings (SSSR count). The molecule has 0 aromatic heterocycles. The van der Waals surface area contributed by atoms with Crippen molar-refractivity contribution < 1.29 is 27.6 Å². The fourth-order valence-corrected chi connectivity index (χ4v) is 4.74. The van der Waals surface area contributed by atoms with E-state index in [2.05, 4.69) is 4.90 Å². The number of alkyl halides is 3. The van der Waals surface area contributed by atoms with Crippen molar-refractivity contribution >= 4 is 0 Å². The predicted molar refractivity (Wildman–Crippen MR) is 98.3 cm³/mol. The maximum absolute atomic E-state index is 13.8. The number of ether oxygens (including phenoxy) is 2. The molecule has 9 heteroatoms. The lowest BCUT2D eigenvalue weighted by atomic mass is 9.75. The summed E-state index contributed by atoms with van der Waals surface area (Å²) >= 11 is 0. The first-order valence-corrected chi connectivity index (χ1v) is 9.88. The third kappa shape index (κ3) is 3.80. The average molecular weight is 412 g/mol. The molecule has 1 aliphatic carbocycles. The molecular weight excluding hydrogens is 389 g/mol. The summed E-state index contributed by atoms with van der Waals surface area (Å²) in [6.07, 6.45) is -4.30. The third-order valence-corrected chi connectivity index (χ3v) is 5.97. The zero-order valence-corrected chi connectivity index (χ0v) is 15.9. The second-order valence-electron chi connectivity index (χ2n) is 7.65. The van der Waals surface area contributed by atoms with E-state index in [1.807, 2.05) is 0 Å². The molecule has 0 radical (unpaired) electrons. The molecule has 0 amide bonds. The van der Waals surface area contributed by atoms with Gasteiger partial charge in [0.05, 0.1) is 19.1 Å². The molecular formula is C20H23F3N2O4. The van der Waals surface area contributed by atoms with E-state index in [0.717, 1.165) is 30.5 Å². The van der Waals surface area contributed by atoms with Gasteiger partial charge in [0, 0.05) is 29.3 Å². The van der Waals surface area contributed by atoms with Crippen LogP contribution < -0.4 is 4.74 Å². The Kier molecular flexibility index (Phi) is 5.42. The lowest BCUT2D eigenvalue weighted by Gasteiger charge is -2.41. The Labute approximate surface area is 166 Å². The van der Waals surface area contributed by atoms with E-state index in [1.54, 1.807) is 18.2 Å². The van der Waals surface area contributed by atoms with E-state index in [4.69, 9.17) is 9.47 Å². The normalized spacial score (nSPS) is 28.0. The molecule has 29 heavy (non-hydrogen) atoms. The van der Waals surface area contributed by atoms with Gasteiger partial charge in [0.1, 0.15) is 5.75 Å². The third-order valence-electron chi connectivity index (χ3n) is 5.97. The summed E-state index contributed by atoms with van der Waals surface area (Å²) in [5.74, 6) is -0.878. The number of morpholine rings is 1. The summed E-state index contributed by atoms with van der Waals surface area (Å²) in [6, 6.07) is 4.50. The Morgan fingerprint density at radius 1 is 1.10 bits per heavy atom. The van der Waals surface area contributed by atoms with Crippen LogP contribution in [0.1, 0.15) is 37.2 Å². The van der Waals surface area contributed by atoms with Crippen LogP contribution in [-0.4, -0.2) is 54.4 Å². The summed E-state index contributed by atoms with van der Waals surface area (Å²) in [4.78, 5) is 13.3. The van der Waals surface area contributed by atoms with E-state index in [1.165, 1.54) is 6.07 Å².